The Morgan fingerprint density at radius 2 is 2.18 bits per heavy atom. The molecule has 17 heavy (non-hydrogen) atoms. The van der Waals surface area contributed by atoms with Crippen LogP contribution in [0, 0.1) is 0 Å². The Kier molecular flexibility index (Phi) is 4.51. The minimum absolute atomic E-state index is 0.271. The van der Waals surface area contributed by atoms with Crippen molar-refractivity contribution in [1.82, 2.24) is 5.32 Å². The van der Waals surface area contributed by atoms with Crippen LogP contribution >= 0.6 is 15.9 Å². The number of nitrogens with two attached hydrogens (primary N) is 1. The van der Waals surface area contributed by atoms with Gasteiger partial charge in [-0.2, -0.15) is 0 Å². The Morgan fingerprint density at radius 3 is 2.65 bits per heavy atom. The standard InChI is InChI=1S/C11H13BrN2O3/c1-2-9(11(16)17)14-10(15)7-4-3-6(12)5-8(7)13/h3-5,9H,2,13H2,1H3,(H,14,15)(H,16,17)/t9-/m1/s1. The summed E-state index contributed by atoms with van der Waals surface area (Å²) in [6.07, 6.45) is 0.317. The van der Waals surface area contributed by atoms with E-state index in [4.69, 9.17) is 10.8 Å². The summed E-state index contributed by atoms with van der Waals surface area (Å²) >= 11 is 3.23. The molecule has 1 amide bonds. The molecular weight excluding hydrogens is 288 g/mol. The summed E-state index contributed by atoms with van der Waals surface area (Å²) in [5, 5.41) is 11.2. The summed E-state index contributed by atoms with van der Waals surface area (Å²) in [5.74, 6) is -1.54. The first-order valence-electron chi connectivity index (χ1n) is 5.04. The van der Waals surface area contributed by atoms with Crippen LogP contribution in [0.15, 0.2) is 22.7 Å². The van der Waals surface area contributed by atoms with E-state index < -0.39 is 17.9 Å². The van der Waals surface area contributed by atoms with Crippen molar-refractivity contribution >= 4 is 33.5 Å². The molecule has 92 valence electrons. The van der Waals surface area contributed by atoms with Gasteiger partial charge in [-0.05, 0) is 24.6 Å². The first-order valence-corrected chi connectivity index (χ1v) is 5.83. The second-order valence-electron chi connectivity index (χ2n) is 3.50. The number of nitrogen functional groups attached to an aromatic ring is 1. The van der Waals surface area contributed by atoms with Gasteiger partial charge in [0.2, 0.25) is 0 Å². The number of carboxylic acid groups (broad SMARTS) is 1. The number of nitrogens with one attached hydrogen (secondary N) is 1. The predicted octanol–water partition coefficient (Wildman–Crippen LogP) is 1.62. The fraction of sp³-hybridized carbons (Fsp3) is 0.273. The van der Waals surface area contributed by atoms with Gasteiger partial charge >= 0.3 is 5.97 Å². The minimum Gasteiger partial charge on any atom is -0.480 e. The average Bonchev–Trinajstić information content (AvgIpc) is 2.24. The van der Waals surface area contributed by atoms with Crippen LogP contribution in [0.2, 0.25) is 0 Å². The number of halogens is 1. The summed E-state index contributed by atoms with van der Waals surface area (Å²) in [6.45, 7) is 1.68. The average molecular weight is 301 g/mol. The Bertz CT molecular complexity index is 448. The predicted molar refractivity (Wildman–Crippen MR) is 67.7 cm³/mol. The van der Waals surface area contributed by atoms with Crippen molar-refractivity contribution < 1.29 is 14.7 Å². The molecule has 0 bridgehead atoms. The highest BCUT2D eigenvalue weighted by Crippen LogP contribution is 2.18. The number of anilines is 1. The van der Waals surface area contributed by atoms with E-state index >= 15 is 0 Å². The Hall–Kier alpha value is -1.56. The molecule has 0 saturated heterocycles. The van der Waals surface area contributed by atoms with Crippen LogP contribution in [0.4, 0.5) is 5.69 Å². The van der Waals surface area contributed by atoms with Gasteiger partial charge in [0.15, 0.2) is 0 Å². The maximum absolute atomic E-state index is 11.8. The van der Waals surface area contributed by atoms with Crippen LogP contribution in [-0.2, 0) is 4.79 Å². The van der Waals surface area contributed by atoms with Crippen molar-refractivity contribution in [3.05, 3.63) is 28.2 Å². The molecule has 1 aromatic carbocycles. The van der Waals surface area contributed by atoms with E-state index in [0.717, 1.165) is 4.47 Å². The van der Waals surface area contributed by atoms with Gasteiger partial charge in [-0.3, -0.25) is 4.79 Å². The summed E-state index contributed by atoms with van der Waals surface area (Å²) in [6, 6.07) is 3.91. The molecule has 0 fully saturated rings. The lowest BCUT2D eigenvalue weighted by molar-refractivity contribution is -0.139. The quantitative estimate of drug-likeness (QED) is 0.737. The fourth-order valence-electron chi connectivity index (χ4n) is 1.31. The first kappa shape index (κ1) is 13.5. The van der Waals surface area contributed by atoms with Crippen LogP contribution in [0.5, 0.6) is 0 Å². The summed E-state index contributed by atoms with van der Waals surface area (Å²) < 4.78 is 0.761. The van der Waals surface area contributed by atoms with Gasteiger partial charge in [-0.15, -0.1) is 0 Å². The monoisotopic (exact) mass is 300 g/mol. The lowest BCUT2D eigenvalue weighted by atomic mass is 10.1. The Balaban J connectivity index is 2.86. The zero-order chi connectivity index (χ0) is 13.0. The van der Waals surface area contributed by atoms with Crippen LogP contribution in [0.1, 0.15) is 23.7 Å². The van der Waals surface area contributed by atoms with Crippen molar-refractivity contribution in [3.8, 4) is 0 Å². The van der Waals surface area contributed by atoms with E-state index in [1.54, 1.807) is 25.1 Å². The number of carbonyl (C=O) groups is 2. The van der Waals surface area contributed by atoms with Crippen molar-refractivity contribution in [3.63, 3.8) is 0 Å². The molecule has 0 unspecified atom stereocenters. The maximum Gasteiger partial charge on any atom is 0.326 e. The smallest absolute Gasteiger partial charge is 0.326 e. The molecule has 0 aliphatic heterocycles. The molecule has 0 aromatic heterocycles. The third kappa shape index (κ3) is 3.45. The molecule has 4 N–H and O–H groups in total. The Labute approximate surface area is 107 Å². The summed E-state index contributed by atoms with van der Waals surface area (Å²) in [4.78, 5) is 22.6. The third-order valence-electron chi connectivity index (χ3n) is 2.27. The number of aliphatic carboxylic acids is 1. The normalized spacial score (nSPS) is 11.9. The molecule has 1 atom stereocenters. The molecule has 0 heterocycles. The molecule has 0 spiro atoms. The van der Waals surface area contributed by atoms with Crippen LogP contribution < -0.4 is 11.1 Å². The maximum atomic E-state index is 11.8. The van der Waals surface area contributed by atoms with Crippen molar-refractivity contribution in [2.45, 2.75) is 19.4 Å². The van der Waals surface area contributed by atoms with Gasteiger partial charge in [0.25, 0.3) is 5.91 Å². The van der Waals surface area contributed by atoms with E-state index in [1.807, 2.05) is 0 Å². The largest absolute Gasteiger partial charge is 0.480 e. The zero-order valence-corrected chi connectivity index (χ0v) is 10.8. The first-order chi connectivity index (χ1) is 7.95. The van der Waals surface area contributed by atoms with E-state index in [-0.39, 0.29) is 5.56 Å². The van der Waals surface area contributed by atoms with E-state index in [9.17, 15) is 9.59 Å². The molecule has 0 aliphatic rings. The number of hydrogen-bond donors (Lipinski definition) is 3. The van der Waals surface area contributed by atoms with Gasteiger partial charge in [0.1, 0.15) is 6.04 Å². The zero-order valence-electron chi connectivity index (χ0n) is 9.24. The number of hydrogen-bond acceptors (Lipinski definition) is 3. The molecule has 1 rings (SSSR count). The molecule has 6 heteroatoms. The third-order valence-corrected chi connectivity index (χ3v) is 2.76. The summed E-state index contributed by atoms with van der Waals surface area (Å²) in [5.41, 5.74) is 6.25. The van der Waals surface area contributed by atoms with Crippen molar-refractivity contribution in [2.24, 2.45) is 0 Å². The van der Waals surface area contributed by atoms with Gasteiger partial charge in [-0.1, -0.05) is 22.9 Å². The topological polar surface area (TPSA) is 92.4 Å². The SMILES string of the molecule is CC[C@@H](NC(=O)c1ccc(Br)cc1N)C(=O)O. The lowest BCUT2D eigenvalue weighted by Gasteiger charge is -2.13. The molecule has 0 aliphatic carbocycles. The number of amides is 1. The van der Waals surface area contributed by atoms with E-state index in [0.29, 0.717) is 12.1 Å². The van der Waals surface area contributed by atoms with Crippen LogP contribution in [-0.4, -0.2) is 23.0 Å². The van der Waals surface area contributed by atoms with Gasteiger partial charge in [0, 0.05) is 10.2 Å². The van der Waals surface area contributed by atoms with Crippen molar-refractivity contribution in [1.29, 1.82) is 0 Å². The highest BCUT2D eigenvalue weighted by Gasteiger charge is 2.19. The fourth-order valence-corrected chi connectivity index (χ4v) is 1.69. The van der Waals surface area contributed by atoms with Crippen LogP contribution in [0.25, 0.3) is 0 Å². The van der Waals surface area contributed by atoms with Gasteiger partial charge in [-0.25, -0.2) is 4.79 Å². The highest BCUT2D eigenvalue weighted by molar-refractivity contribution is 9.10. The number of rotatable bonds is 4. The number of carboxylic acids is 1. The van der Waals surface area contributed by atoms with Gasteiger partial charge in [0.05, 0.1) is 5.56 Å². The van der Waals surface area contributed by atoms with Gasteiger partial charge < -0.3 is 16.2 Å². The highest BCUT2D eigenvalue weighted by atomic mass is 79.9. The van der Waals surface area contributed by atoms with Crippen molar-refractivity contribution in [2.75, 3.05) is 5.73 Å². The molecule has 0 radical (unpaired) electrons. The molecule has 5 nitrogen and oxygen atoms in total. The second-order valence-corrected chi connectivity index (χ2v) is 4.42. The lowest BCUT2D eigenvalue weighted by Crippen LogP contribution is -2.40. The van der Waals surface area contributed by atoms with E-state index in [2.05, 4.69) is 21.2 Å². The number of benzene rings is 1. The van der Waals surface area contributed by atoms with E-state index in [1.165, 1.54) is 0 Å². The molecule has 1 aromatic rings. The van der Waals surface area contributed by atoms with Crippen LogP contribution in [0.3, 0.4) is 0 Å². The molecule has 0 saturated carbocycles. The summed E-state index contributed by atoms with van der Waals surface area (Å²) in [7, 11) is 0. The number of carbonyl (C=O) groups excluding carboxylic acids is 1. The second kappa shape index (κ2) is 5.67. The molecular formula is C11H13BrN2O3. The Morgan fingerprint density at radius 1 is 1.53 bits per heavy atom. The minimum atomic E-state index is -1.06.